The van der Waals surface area contributed by atoms with Gasteiger partial charge in [-0.3, -0.25) is 0 Å². The van der Waals surface area contributed by atoms with Gasteiger partial charge in [-0.15, -0.1) is 0 Å². The minimum atomic E-state index is -3.48. The molecule has 0 aliphatic rings. The number of aryl methyl sites for hydroxylation is 1. The Balaban J connectivity index is 2.14. The molecule has 0 heterocycles. The number of nitrogens with one attached hydrogen (secondary N) is 2. The molecule has 0 saturated heterocycles. The third-order valence-electron chi connectivity index (χ3n) is 3.71. The Hall–Kier alpha value is -1.69. The quantitative estimate of drug-likeness (QED) is 0.839. The number of benzene rings is 2. The first-order valence-corrected chi connectivity index (χ1v) is 8.80. The SMILES string of the molecule is Cc1ccc(S(=O)(=O)NC[C@H](c2ccccc2)[NH+](C)C)cc1. The second kappa shape index (κ2) is 7.05. The Morgan fingerprint density at radius 2 is 1.59 bits per heavy atom. The summed E-state index contributed by atoms with van der Waals surface area (Å²) in [6, 6.07) is 16.9. The van der Waals surface area contributed by atoms with Crippen LogP contribution in [0.15, 0.2) is 59.5 Å². The minimum Gasteiger partial charge on any atom is -0.333 e. The molecule has 0 aliphatic carbocycles. The summed E-state index contributed by atoms with van der Waals surface area (Å²) in [6.45, 7) is 2.30. The Morgan fingerprint density at radius 1 is 1.00 bits per heavy atom. The topological polar surface area (TPSA) is 50.6 Å². The smallest absolute Gasteiger partial charge is 0.240 e. The molecule has 0 saturated carbocycles. The van der Waals surface area contributed by atoms with Gasteiger partial charge in [0, 0.05) is 5.56 Å². The van der Waals surface area contributed by atoms with Gasteiger partial charge < -0.3 is 4.90 Å². The van der Waals surface area contributed by atoms with Crippen molar-refractivity contribution in [3.63, 3.8) is 0 Å². The van der Waals surface area contributed by atoms with Crippen molar-refractivity contribution in [1.29, 1.82) is 0 Å². The van der Waals surface area contributed by atoms with Crippen LogP contribution in [0.3, 0.4) is 0 Å². The molecule has 0 amide bonds. The first-order chi connectivity index (χ1) is 10.4. The van der Waals surface area contributed by atoms with Crippen molar-refractivity contribution >= 4 is 10.0 Å². The fraction of sp³-hybridized carbons (Fsp3) is 0.294. The van der Waals surface area contributed by atoms with Crippen molar-refractivity contribution in [1.82, 2.24) is 4.72 Å². The van der Waals surface area contributed by atoms with Gasteiger partial charge in [-0.25, -0.2) is 13.1 Å². The number of likely N-dealkylation sites (N-methyl/N-ethyl adjacent to an activating group) is 1. The van der Waals surface area contributed by atoms with E-state index in [9.17, 15) is 8.42 Å². The van der Waals surface area contributed by atoms with Gasteiger partial charge in [0.05, 0.1) is 25.5 Å². The Kier molecular flexibility index (Phi) is 5.34. The normalized spacial score (nSPS) is 13.3. The lowest BCUT2D eigenvalue weighted by Crippen LogP contribution is -3.07. The molecular formula is C17H23N2O2S+. The van der Waals surface area contributed by atoms with Crippen LogP contribution < -0.4 is 9.62 Å². The fourth-order valence-corrected chi connectivity index (χ4v) is 3.38. The molecule has 0 unspecified atom stereocenters. The third-order valence-corrected chi connectivity index (χ3v) is 5.15. The highest BCUT2D eigenvalue weighted by molar-refractivity contribution is 7.89. The lowest BCUT2D eigenvalue weighted by atomic mass is 10.1. The van der Waals surface area contributed by atoms with Gasteiger partial charge >= 0.3 is 0 Å². The van der Waals surface area contributed by atoms with E-state index in [4.69, 9.17) is 0 Å². The van der Waals surface area contributed by atoms with E-state index in [-0.39, 0.29) is 6.04 Å². The van der Waals surface area contributed by atoms with Crippen LogP contribution in [-0.4, -0.2) is 29.1 Å². The van der Waals surface area contributed by atoms with Gasteiger partial charge in [-0.05, 0) is 19.1 Å². The van der Waals surface area contributed by atoms with Crippen molar-refractivity contribution in [3.05, 3.63) is 65.7 Å². The summed E-state index contributed by atoms with van der Waals surface area (Å²) in [7, 11) is 0.574. The molecule has 0 radical (unpaired) electrons. The van der Waals surface area contributed by atoms with E-state index in [1.165, 1.54) is 4.90 Å². The van der Waals surface area contributed by atoms with Crippen LogP contribution in [0.5, 0.6) is 0 Å². The van der Waals surface area contributed by atoms with E-state index in [1.54, 1.807) is 24.3 Å². The van der Waals surface area contributed by atoms with E-state index in [2.05, 4.69) is 4.72 Å². The Bertz CT molecular complexity index is 695. The molecule has 0 aromatic heterocycles. The highest BCUT2D eigenvalue weighted by Crippen LogP contribution is 2.12. The van der Waals surface area contributed by atoms with E-state index in [0.29, 0.717) is 11.4 Å². The summed E-state index contributed by atoms with van der Waals surface area (Å²) >= 11 is 0. The second-order valence-corrected chi connectivity index (χ2v) is 7.47. The molecule has 0 fully saturated rings. The van der Waals surface area contributed by atoms with Gasteiger partial charge in [0.25, 0.3) is 0 Å². The number of rotatable bonds is 6. The monoisotopic (exact) mass is 319 g/mol. The van der Waals surface area contributed by atoms with Gasteiger partial charge in [0.2, 0.25) is 10.0 Å². The molecule has 5 heteroatoms. The van der Waals surface area contributed by atoms with E-state index >= 15 is 0 Å². The van der Waals surface area contributed by atoms with Gasteiger partial charge in [0.1, 0.15) is 6.04 Å². The van der Waals surface area contributed by atoms with Crippen molar-refractivity contribution in [2.24, 2.45) is 0 Å². The van der Waals surface area contributed by atoms with Crippen LogP contribution in [-0.2, 0) is 10.0 Å². The molecule has 2 aromatic rings. The number of sulfonamides is 1. The zero-order valence-electron chi connectivity index (χ0n) is 13.2. The Labute approximate surface area is 132 Å². The average molecular weight is 319 g/mol. The highest BCUT2D eigenvalue weighted by atomic mass is 32.2. The number of quaternary nitrogens is 1. The predicted molar refractivity (Wildman–Crippen MR) is 88.4 cm³/mol. The maximum absolute atomic E-state index is 12.4. The third kappa shape index (κ3) is 4.16. The van der Waals surface area contributed by atoms with Crippen molar-refractivity contribution in [2.75, 3.05) is 20.6 Å². The summed E-state index contributed by atoms with van der Waals surface area (Å²) in [5.41, 5.74) is 2.16. The van der Waals surface area contributed by atoms with Crippen molar-refractivity contribution < 1.29 is 13.3 Å². The summed E-state index contributed by atoms with van der Waals surface area (Å²) in [6.07, 6.45) is 0. The highest BCUT2D eigenvalue weighted by Gasteiger charge is 2.21. The lowest BCUT2D eigenvalue weighted by molar-refractivity contribution is -0.890. The van der Waals surface area contributed by atoms with Crippen LogP contribution in [0, 0.1) is 6.92 Å². The van der Waals surface area contributed by atoms with Gasteiger partial charge in [0.15, 0.2) is 0 Å². The van der Waals surface area contributed by atoms with Crippen LogP contribution in [0.4, 0.5) is 0 Å². The molecular weight excluding hydrogens is 296 g/mol. The number of hydrogen-bond donors (Lipinski definition) is 2. The van der Waals surface area contributed by atoms with Gasteiger partial charge in [-0.2, -0.15) is 0 Å². The maximum Gasteiger partial charge on any atom is 0.240 e. The minimum absolute atomic E-state index is 0.0708. The first kappa shape index (κ1) is 16.7. The zero-order valence-corrected chi connectivity index (χ0v) is 14.0. The maximum atomic E-state index is 12.4. The van der Waals surface area contributed by atoms with Crippen molar-refractivity contribution in [3.8, 4) is 0 Å². The van der Waals surface area contributed by atoms with E-state index in [0.717, 1.165) is 11.1 Å². The molecule has 1 atom stereocenters. The molecule has 0 bridgehead atoms. The molecule has 2 rings (SSSR count). The van der Waals surface area contributed by atoms with Crippen LogP contribution in [0.25, 0.3) is 0 Å². The molecule has 0 spiro atoms. The molecule has 22 heavy (non-hydrogen) atoms. The summed E-state index contributed by atoms with van der Waals surface area (Å²) in [4.78, 5) is 1.48. The second-order valence-electron chi connectivity index (χ2n) is 5.71. The van der Waals surface area contributed by atoms with Gasteiger partial charge in [-0.1, -0.05) is 48.0 Å². The zero-order chi connectivity index (χ0) is 16.2. The molecule has 2 N–H and O–H groups in total. The average Bonchev–Trinajstić information content (AvgIpc) is 2.48. The largest absolute Gasteiger partial charge is 0.333 e. The molecule has 0 aliphatic heterocycles. The van der Waals surface area contributed by atoms with Crippen LogP contribution in [0.1, 0.15) is 17.2 Å². The summed E-state index contributed by atoms with van der Waals surface area (Å²) in [5, 5.41) is 0. The van der Waals surface area contributed by atoms with Crippen LogP contribution >= 0.6 is 0 Å². The molecule has 4 nitrogen and oxygen atoms in total. The summed E-state index contributed by atoms with van der Waals surface area (Å²) < 4.78 is 27.5. The molecule has 118 valence electrons. The lowest BCUT2D eigenvalue weighted by Gasteiger charge is -2.22. The first-order valence-electron chi connectivity index (χ1n) is 7.31. The molecule has 2 aromatic carbocycles. The standard InChI is InChI=1S/C17H22N2O2S/c1-14-9-11-16(12-10-14)22(20,21)18-13-17(19(2)3)15-7-5-4-6-8-15/h4-12,17-18H,13H2,1-3H3/p+1/t17-/m1/s1. The predicted octanol–water partition coefficient (Wildman–Crippen LogP) is 1.16. The fourth-order valence-electron chi connectivity index (χ4n) is 2.33. The Morgan fingerprint density at radius 3 is 2.14 bits per heavy atom. The van der Waals surface area contributed by atoms with E-state index < -0.39 is 10.0 Å². The van der Waals surface area contributed by atoms with Crippen LogP contribution in [0.2, 0.25) is 0 Å². The van der Waals surface area contributed by atoms with E-state index in [1.807, 2.05) is 51.4 Å². The number of hydrogen-bond acceptors (Lipinski definition) is 2. The van der Waals surface area contributed by atoms with Crippen molar-refractivity contribution in [2.45, 2.75) is 17.9 Å². The summed E-state index contributed by atoms with van der Waals surface area (Å²) in [5.74, 6) is 0.